The zero-order chi connectivity index (χ0) is 16.8. The summed E-state index contributed by atoms with van der Waals surface area (Å²) in [6, 6.07) is 12.2. The van der Waals surface area contributed by atoms with E-state index < -0.39 is 10.8 Å². The fourth-order valence-corrected chi connectivity index (χ4v) is 1.97. The number of non-ortho nitro benzene ring substituents is 1. The van der Waals surface area contributed by atoms with Crippen LogP contribution in [0.2, 0.25) is 0 Å². The van der Waals surface area contributed by atoms with Gasteiger partial charge in [-0.15, -0.1) is 0 Å². The largest absolute Gasteiger partial charge is 0.495 e. The van der Waals surface area contributed by atoms with Crippen LogP contribution in [0.5, 0.6) is 5.75 Å². The van der Waals surface area contributed by atoms with Gasteiger partial charge < -0.3 is 10.1 Å². The lowest BCUT2D eigenvalue weighted by atomic mass is 10.1. The highest BCUT2D eigenvalue weighted by Crippen LogP contribution is 2.29. The number of hydrogen-bond acceptors (Lipinski definition) is 5. The number of Topliss-reactive ketones (excluding diaryl/α,β-unsaturated/α-hetero) is 1. The second-order valence-corrected chi connectivity index (χ2v) is 4.66. The third-order valence-electron chi connectivity index (χ3n) is 3.08. The van der Waals surface area contributed by atoms with E-state index >= 15 is 0 Å². The van der Waals surface area contributed by atoms with Crippen molar-refractivity contribution in [2.24, 2.45) is 0 Å². The van der Waals surface area contributed by atoms with Crippen molar-refractivity contribution in [3.8, 4) is 5.75 Å². The number of nitrogens with zero attached hydrogens (tertiary/aromatic N) is 1. The summed E-state index contributed by atoms with van der Waals surface area (Å²) in [5, 5.41) is 13.3. The van der Waals surface area contributed by atoms with Crippen LogP contribution in [0.1, 0.15) is 16.8 Å². The Morgan fingerprint density at radius 2 is 1.87 bits per heavy atom. The van der Waals surface area contributed by atoms with Crippen LogP contribution < -0.4 is 10.1 Å². The van der Waals surface area contributed by atoms with Crippen LogP contribution in [-0.4, -0.2) is 23.7 Å². The van der Waals surface area contributed by atoms with Gasteiger partial charge in [0.05, 0.1) is 24.1 Å². The van der Waals surface area contributed by atoms with E-state index in [4.69, 9.17) is 4.74 Å². The van der Waals surface area contributed by atoms with Gasteiger partial charge in [0.25, 0.3) is 5.69 Å². The Kier molecular flexibility index (Phi) is 5.03. The standard InChI is InChI=1S/C16H14N2O5/c1-23-15-8-7-12(18(21)22)9-13(15)17-16(20)10-14(19)11-5-3-2-4-6-11/h2-9H,10H2,1H3,(H,17,20). The summed E-state index contributed by atoms with van der Waals surface area (Å²) in [6.45, 7) is 0. The highest BCUT2D eigenvalue weighted by molar-refractivity contribution is 6.11. The summed E-state index contributed by atoms with van der Waals surface area (Å²) in [5.41, 5.74) is 0.386. The lowest BCUT2D eigenvalue weighted by molar-refractivity contribution is -0.384. The molecule has 0 aliphatic rings. The van der Waals surface area contributed by atoms with Gasteiger partial charge in [-0.05, 0) is 6.07 Å². The van der Waals surface area contributed by atoms with E-state index in [0.717, 1.165) is 0 Å². The summed E-state index contributed by atoms with van der Waals surface area (Å²) >= 11 is 0. The normalized spacial score (nSPS) is 9.96. The molecule has 0 radical (unpaired) electrons. The topological polar surface area (TPSA) is 98.5 Å². The van der Waals surface area contributed by atoms with E-state index in [1.54, 1.807) is 30.3 Å². The molecule has 2 rings (SSSR count). The number of carbonyl (C=O) groups excluding carboxylic acids is 2. The first-order valence-electron chi connectivity index (χ1n) is 6.72. The molecule has 1 N–H and O–H groups in total. The van der Waals surface area contributed by atoms with Gasteiger partial charge in [-0.3, -0.25) is 19.7 Å². The molecule has 2 aromatic carbocycles. The van der Waals surface area contributed by atoms with E-state index in [-0.39, 0.29) is 29.3 Å². The lowest BCUT2D eigenvalue weighted by Crippen LogP contribution is -2.17. The van der Waals surface area contributed by atoms with Gasteiger partial charge in [0.15, 0.2) is 5.78 Å². The monoisotopic (exact) mass is 314 g/mol. The molecule has 2 aromatic rings. The molecule has 23 heavy (non-hydrogen) atoms. The van der Waals surface area contributed by atoms with E-state index in [1.165, 1.54) is 25.3 Å². The fraction of sp³-hybridized carbons (Fsp3) is 0.125. The zero-order valence-electron chi connectivity index (χ0n) is 12.3. The maximum atomic E-state index is 12.0. The molecule has 0 aliphatic carbocycles. The Bertz CT molecular complexity index is 743. The first-order chi connectivity index (χ1) is 11.0. The van der Waals surface area contributed by atoms with Gasteiger partial charge in [-0.2, -0.15) is 0 Å². The van der Waals surface area contributed by atoms with Crippen molar-refractivity contribution in [3.63, 3.8) is 0 Å². The van der Waals surface area contributed by atoms with E-state index in [2.05, 4.69) is 5.32 Å². The van der Waals surface area contributed by atoms with Gasteiger partial charge in [0.2, 0.25) is 5.91 Å². The average Bonchev–Trinajstić information content (AvgIpc) is 2.55. The molecule has 0 saturated carbocycles. The van der Waals surface area contributed by atoms with Crippen molar-refractivity contribution in [2.45, 2.75) is 6.42 Å². The highest BCUT2D eigenvalue weighted by atomic mass is 16.6. The molecule has 0 unspecified atom stereocenters. The number of anilines is 1. The maximum absolute atomic E-state index is 12.0. The first kappa shape index (κ1) is 16.2. The van der Waals surface area contributed by atoms with Crippen LogP contribution in [-0.2, 0) is 4.79 Å². The van der Waals surface area contributed by atoms with Crippen molar-refractivity contribution in [2.75, 3.05) is 12.4 Å². The predicted molar refractivity (Wildman–Crippen MR) is 83.7 cm³/mol. The number of carbonyl (C=O) groups is 2. The van der Waals surface area contributed by atoms with Crippen LogP contribution in [0, 0.1) is 10.1 Å². The van der Waals surface area contributed by atoms with Crippen molar-refractivity contribution >= 4 is 23.1 Å². The van der Waals surface area contributed by atoms with Gasteiger partial charge in [0, 0.05) is 17.7 Å². The van der Waals surface area contributed by atoms with Crippen molar-refractivity contribution in [3.05, 3.63) is 64.2 Å². The van der Waals surface area contributed by atoms with Crippen molar-refractivity contribution in [1.29, 1.82) is 0 Å². The number of rotatable bonds is 6. The molecule has 118 valence electrons. The Morgan fingerprint density at radius 3 is 2.48 bits per heavy atom. The number of hydrogen-bond donors (Lipinski definition) is 1. The average molecular weight is 314 g/mol. The quantitative estimate of drug-likeness (QED) is 0.382. The van der Waals surface area contributed by atoms with Crippen molar-refractivity contribution < 1.29 is 19.2 Å². The van der Waals surface area contributed by atoms with Crippen LogP contribution in [0.4, 0.5) is 11.4 Å². The molecular weight excluding hydrogens is 300 g/mol. The molecule has 0 atom stereocenters. The van der Waals surface area contributed by atoms with Gasteiger partial charge >= 0.3 is 0 Å². The fourth-order valence-electron chi connectivity index (χ4n) is 1.97. The molecule has 0 saturated heterocycles. The molecule has 0 bridgehead atoms. The second-order valence-electron chi connectivity index (χ2n) is 4.66. The zero-order valence-corrected chi connectivity index (χ0v) is 12.3. The number of nitro benzene ring substituents is 1. The third kappa shape index (κ3) is 4.13. The Morgan fingerprint density at radius 1 is 1.17 bits per heavy atom. The van der Waals surface area contributed by atoms with Gasteiger partial charge in [-0.1, -0.05) is 30.3 Å². The number of ketones is 1. The summed E-state index contributed by atoms with van der Waals surface area (Å²) in [5.74, 6) is -0.638. The van der Waals surface area contributed by atoms with Gasteiger partial charge in [-0.25, -0.2) is 0 Å². The number of nitrogens with one attached hydrogen (secondary N) is 1. The molecular formula is C16H14N2O5. The predicted octanol–water partition coefficient (Wildman–Crippen LogP) is 2.81. The van der Waals surface area contributed by atoms with E-state index in [9.17, 15) is 19.7 Å². The molecule has 7 heteroatoms. The van der Waals surface area contributed by atoms with Crippen molar-refractivity contribution in [1.82, 2.24) is 0 Å². The molecule has 0 aliphatic heterocycles. The summed E-state index contributed by atoms with van der Waals surface area (Å²) in [4.78, 5) is 34.2. The van der Waals surface area contributed by atoms with Crippen LogP contribution in [0.3, 0.4) is 0 Å². The van der Waals surface area contributed by atoms with E-state index in [1.807, 2.05) is 0 Å². The SMILES string of the molecule is COc1ccc([N+](=O)[O-])cc1NC(=O)CC(=O)c1ccccc1. The molecule has 0 aromatic heterocycles. The number of amides is 1. The van der Waals surface area contributed by atoms with E-state index in [0.29, 0.717) is 5.56 Å². The highest BCUT2D eigenvalue weighted by Gasteiger charge is 2.16. The smallest absolute Gasteiger partial charge is 0.271 e. The van der Waals surface area contributed by atoms with Gasteiger partial charge in [0.1, 0.15) is 5.75 Å². The summed E-state index contributed by atoms with van der Waals surface area (Å²) < 4.78 is 5.05. The number of nitro groups is 1. The molecule has 7 nitrogen and oxygen atoms in total. The van der Waals surface area contributed by atoms with Crippen LogP contribution in [0.15, 0.2) is 48.5 Å². The molecule has 0 fully saturated rings. The van der Waals surface area contributed by atoms with Crippen LogP contribution in [0.25, 0.3) is 0 Å². The minimum Gasteiger partial charge on any atom is -0.495 e. The lowest BCUT2D eigenvalue weighted by Gasteiger charge is -2.09. The minimum atomic E-state index is -0.579. The summed E-state index contributed by atoms with van der Waals surface area (Å²) in [6.07, 6.45) is -0.365. The Balaban J connectivity index is 2.12. The second kappa shape index (κ2) is 7.17. The first-order valence-corrected chi connectivity index (χ1v) is 6.72. The maximum Gasteiger partial charge on any atom is 0.271 e. The molecule has 0 spiro atoms. The number of ether oxygens (including phenoxy) is 1. The summed E-state index contributed by atoms with van der Waals surface area (Å²) in [7, 11) is 1.38. The number of methoxy groups -OCH3 is 1. The minimum absolute atomic E-state index is 0.146. The third-order valence-corrected chi connectivity index (χ3v) is 3.08. The van der Waals surface area contributed by atoms with Crippen LogP contribution >= 0.6 is 0 Å². The Labute approximate surface area is 132 Å². The number of benzene rings is 2. The Hall–Kier alpha value is -3.22. The molecule has 0 heterocycles. The molecule has 1 amide bonds.